The minimum atomic E-state index is -0.731. The van der Waals surface area contributed by atoms with Gasteiger partial charge in [-0.25, -0.2) is 0 Å². The van der Waals surface area contributed by atoms with Gasteiger partial charge in [0.1, 0.15) is 6.04 Å². The quantitative estimate of drug-likeness (QED) is 0.255. The maximum absolute atomic E-state index is 13.9. The topological polar surface area (TPSA) is 67.9 Å². The van der Waals surface area contributed by atoms with Crippen LogP contribution >= 0.6 is 23.2 Å². The molecule has 0 saturated carbocycles. The predicted octanol–water partition coefficient (Wildman–Crippen LogP) is 6.50. The lowest BCUT2D eigenvalue weighted by molar-refractivity contribution is -0.141. The van der Waals surface area contributed by atoms with E-state index >= 15 is 0 Å². The van der Waals surface area contributed by atoms with Gasteiger partial charge in [-0.1, -0.05) is 72.6 Å². The molecule has 3 rings (SSSR count). The first-order valence-corrected chi connectivity index (χ1v) is 13.8. The number of carbonyl (C=O) groups excluding carboxylic acids is 2. The van der Waals surface area contributed by atoms with E-state index in [1.807, 2.05) is 62.4 Å². The molecule has 2 atom stereocenters. The molecule has 0 saturated heterocycles. The Kier molecular flexibility index (Phi) is 11.5. The summed E-state index contributed by atoms with van der Waals surface area (Å²) < 4.78 is 10.7. The van der Waals surface area contributed by atoms with E-state index in [-0.39, 0.29) is 30.8 Å². The Bertz CT molecular complexity index is 1250. The summed E-state index contributed by atoms with van der Waals surface area (Å²) in [5.74, 6) is 0.868. The van der Waals surface area contributed by atoms with Crippen LogP contribution in [-0.2, 0) is 29.0 Å². The molecule has 39 heavy (non-hydrogen) atoms. The number of amides is 2. The zero-order valence-corrected chi connectivity index (χ0v) is 24.4. The number of benzene rings is 3. The van der Waals surface area contributed by atoms with Crippen molar-refractivity contribution in [1.82, 2.24) is 10.2 Å². The van der Waals surface area contributed by atoms with E-state index in [0.29, 0.717) is 34.4 Å². The number of rotatable bonds is 13. The molecule has 3 aromatic rings. The molecule has 3 aromatic carbocycles. The van der Waals surface area contributed by atoms with E-state index < -0.39 is 6.04 Å². The fourth-order valence-electron chi connectivity index (χ4n) is 4.26. The lowest BCUT2D eigenvalue weighted by Crippen LogP contribution is -2.52. The van der Waals surface area contributed by atoms with E-state index in [0.717, 1.165) is 23.1 Å². The molecule has 208 valence electrons. The molecule has 0 aromatic heterocycles. The molecular formula is C31H36Cl2N2O4. The number of nitrogens with one attached hydrogen (secondary N) is 1. The molecule has 0 fully saturated rings. The maximum atomic E-state index is 13.9. The Labute approximate surface area is 241 Å². The second-order valence-electron chi connectivity index (χ2n) is 9.47. The smallest absolute Gasteiger partial charge is 0.243 e. The SMILES string of the molecule is CCC(C)NC(=O)C(Cc1ccccc1)N(Cc1ccc(Cl)cc1Cl)C(=O)CCc1ccc(OC)c(OC)c1. The van der Waals surface area contributed by atoms with Crippen molar-refractivity contribution < 1.29 is 19.1 Å². The number of carbonyl (C=O) groups is 2. The average Bonchev–Trinajstić information content (AvgIpc) is 2.94. The van der Waals surface area contributed by atoms with Crippen molar-refractivity contribution in [3.05, 3.63) is 93.5 Å². The number of hydrogen-bond acceptors (Lipinski definition) is 4. The summed E-state index contributed by atoms with van der Waals surface area (Å²) in [6.07, 6.45) is 1.81. The monoisotopic (exact) mass is 570 g/mol. The van der Waals surface area contributed by atoms with Crippen molar-refractivity contribution in [3.63, 3.8) is 0 Å². The number of methoxy groups -OCH3 is 2. The summed E-state index contributed by atoms with van der Waals surface area (Å²) in [5.41, 5.74) is 2.60. The first-order valence-electron chi connectivity index (χ1n) is 13.0. The van der Waals surface area contributed by atoms with Gasteiger partial charge in [0.2, 0.25) is 11.8 Å². The van der Waals surface area contributed by atoms with Gasteiger partial charge >= 0.3 is 0 Å². The second-order valence-corrected chi connectivity index (χ2v) is 10.3. The van der Waals surface area contributed by atoms with Crippen LogP contribution in [0.3, 0.4) is 0 Å². The third-order valence-electron chi connectivity index (χ3n) is 6.70. The highest BCUT2D eigenvalue weighted by Crippen LogP contribution is 2.29. The molecule has 8 heteroatoms. The minimum absolute atomic E-state index is 0.0291. The summed E-state index contributed by atoms with van der Waals surface area (Å²) in [7, 11) is 3.16. The molecule has 0 radical (unpaired) electrons. The lowest BCUT2D eigenvalue weighted by Gasteiger charge is -2.32. The molecule has 0 bridgehead atoms. The number of hydrogen-bond donors (Lipinski definition) is 1. The first-order chi connectivity index (χ1) is 18.7. The van der Waals surface area contributed by atoms with Crippen LogP contribution in [0.4, 0.5) is 0 Å². The third-order valence-corrected chi connectivity index (χ3v) is 7.29. The van der Waals surface area contributed by atoms with Crippen molar-refractivity contribution in [1.29, 1.82) is 0 Å². The van der Waals surface area contributed by atoms with Gasteiger partial charge in [0.05, 0.1) is 14.2 Å². The molecule has 2 amide bonds. The molecule has 0 spiro atoms. The van der Waals surface area contributed by atoms with Gasteiger partial charge in [0.25, 0.3) is 0 Å². The minimum Gasteiger partial charge on any atom is -0.493 e. The zero-order chi connectivity index (χ0) is 28.4. The number of aryl methyl sites for hydroxylation is 1. The summed E-state index contributed by atoms with van der Waals surface area (Å²) in [5, 5.41) is 4.03. The van der Waals surface area contributed by atoms with Crippen LogP contribution in [0.1, 0.15) is 43.4 Å². The Hall–Kier alpha value is -3.22. The van der Waals surface area contributed by atoms with Crippen LogP contribution in [-0.4, -0.2) is 43.0 Å². The molecule has 1 N–H and O–H groups in total. The zero-order valence-electron chi connectivity index (χ0n) is 22.9. The fraction of sp³-hybridized carbons (Fsp3) is 0.355. The van der Waals surface area contributed by atoms with Crippen molar-refractivity contribution in [2.75, 3.05) is 14.2 Å². The maximum Gasteiger partial charge on any atom is 0.243 e. The van der Waals surface area contributed by atoms with Crippen LogP contribution in [0.5, 0.6) is 11.5 Å². The van der Waals surface area contributed by atoms with E-state index in [4.69, 9.17) is 32.7 Å². The van der Waals surface area contributed by atoms with Crippen LogP contribution in [0.15, 0.2) is 66.7 Å². The predicted molar refractivity (Wildman–Crippen MR) is 157 cm³/mol. The van der Waals surface area contributed by atoms with E-state index in [9.17, 15) is 9.59 Å². The number of nitrogens with zero attached hydrogens (tertiary/aromatic N) is 1. The molecule has 0 heterocycles. The Balaban J connectivity index is 1.94. The summed E-state index contributed by atoms with van der Waals surface area (Å²) in [6.45, 7) is 4.14. The molecule has 0 aliphatic heterocycles. The van der Waals surface area contributed by atoms with Crippen LogP contribution < -0.4 is 14.8 Å². The first kappa shape index (κ1) is 30.3. The van der Waals surface area contributed by atoms with Crippen LogP contribution in [0.2, 0.25) is 10.0 Å². The van der Waals surface area contributed by atoms with E-state index in [1.165, 1.54) is 0 Å². The van der Waals surface area contributed by atoms with E-state index in [1.54, 1.807) is 37.3 Å². The second kappa shape index (κ2) is 14.8. The standard InChI is InChI=1S/C31H36Cl2N2O4/c1-5-21(2)34-31(37)27(17-22-9-7-6-8-10-22)35(20-24-13-14-25(32)19-26(24)33)30(36)16-12-23-11-15-28(38-3)29(18-23)39-4/h6-11,13-15,18-19,21,27H,5,12,16-17,20H2,1-4H3,(H,34,37). The largest absolute Gasteiger partial charge is 0.493 e. The van der Waals surface area contributed by atoms with Crippen molar-refractivity contribution in [3.8, 4) is 11.5 Å². The molecular weight excluding hydrogens is 535 g/mol. The molecule has 6 nitrogen and oxygen atoms in total. The molecule has 2 unspecified atom stereocenters. The molecule has 0 aliphatic carbocycles. The highest BCUT2D eigenvalue weighted by molar-refractivity contribution is 6.35. The normalized spacial score (nSPS) is 12.4. The highest BCUT2D eigenvalue weighted by atomic mass is 35.5. The van der Waals surface area contributed by atoms with Crippen molar-refractivity contribution in [2.24, 2.45) is 0 Å². The van der Waals surface area contributed by atoms with Gasteiger partial charge in [0, 0.05) is 35.5 Å². The summed E-state index contributed by atoms with van der Waals surface area (Å²) >= 11 is 12.6. The van der Waals surface area contributed by atoms with E-state index in [2.05, 4.69) is 5.32 Å². The van der Waals surface area contributed by atoms with Crippen molar-refractivity contribution >= 4 is 35.0 Å². The Morgan fingerprint density at radius 1 is 0.923 bits per heavy atom. The number of halogens is 2. The number of ether oxygens (including phenoxy) is 2. The summed E-state index contributed by atoms with van der Waals surface area (Å²) in [6, 6.07) is 19.7. The van der Waals surface area contributed by atoms with Gasteiger partial charge in [-0.15, -0.1) is 0 Å². The van der Waals surface area contributed by atoms with Gasteiger partial charge in [0.15, 0.2) is 11.5 Å². The van der Waals surface area contributed by atoms with Crippen molar-refractivity contribution in [2.45, 2.75) is 58.2 Å². The summed E-state index contributed by atoms with van der Waals surface area (Å²) in [4.78, 5) is 29.2. The fourth-order valence-corrected chi connectivity index (χ4v) is 4.73. The average molecular weight is 572 g/mol. The highest BCUT2D eigenvalue weighted by Gasteiger charge is 2.31. The lowest BCUT2D eigenvalue weighted by atomic mass is 10.0. The molecule has 0 aliphatic rings. The van der Waals surface area contributed by atoms with Crippen LogP contribution in [0.25, 0.3) is 0 Å². The van der Waals surface area contributed by atoms with Gasteiger partial charge < -0.3 is 19.7 Å². The van der Waals surface area contributed by atoms with Gasteiger partial charge in [-0.3, -0.25) is 9.59 Å². The Morgan fingerprint density at radius 2 is 1.64 bits per heavy atom. The van der Waals surface area contributed by atoms with Crippen LogP contribution in [0, 0.1) is 0 Å². The Morgan fingerprint density at radius 3 is 2.28 bits per heavy atom. The van der Waals surface area contributed by atoms with Gasteiger partial charge in [-0.05, 0) is 60.7 Å². The van der Waals surface area contributed by atoms with Gasteiger partial charge in [-0.2, -0.15) is 0 Å². The third kappa shape index (κ3) is 8.64.